The summed E-state index contributed by atoms with van der Waals surface area (Å²) in [6.45, 7) is 4.50. The van der Waals surface area contributed by atoms with Crippen LogP contribution in [0.1, 0.15) is 43.7 Å². The summed E-state index contributed by atoms with van der Waals surface area (Å²) in [6.07, 6.45) is 0.624. The maximum Gasteiger partial charge on any atom is 0.356 e. The van der Waals surface area contributed by atoms with Gasteiger partial charge in [-0.25, -0.2) is 14.6 Å². The maximum absolute atomic E-state index is 14.4. The van der Waals surface area contributed by atoms with Gasteiger partial charge < -0.3 is 24.2 Å². The highest BCUT2D eigenvalue weighted by molar-refractivity contribution is 7.99. The smallest absolute Gasteiger partial charge is 0.356 e. The molecule has 1 saturated heterocycles. The van der Waals surface area contributed by atoms with Crippen molar-refractivity contribution in [1.29, 1.82) is 0 Å². The minimum Gasteiger partial charge on any atom is -0.614 e. The number of carbonyl (C=O) groups excluding carboxylic acids is 4. The summed E-state index contributed by atoms with van der Waals surface area (Å²) in [5, 5.41) is 19.8. The van der Waals surface area contributed by atoms with Gasteiger partial charge in [0.1, 0.15) is 34.1 Å². The summed E-state index contributed by atoms with van der Waals surface area (Å²) in [6, 6.07) is 20.5. The van der Waals surface area contributed by atoms with Crippen molar-refractivity contribution in [1.82, 2.24) is 35.0 Å². The second kappa shape index (κ2) is 16.6. The van der Waals surface area contributed by atoms with Gasteiger partial charge in [0.25, 0.3) is 11.8 Å². The zero-order valence-corrected chi connectivity index (χ0v) is 32.6. The third-order valence-corrected chi connectivity index (χ3v) is 11.5. The number of carbonyl (C=O) groups is 4. The van der Waals surface area contributed by atoms with Gasteiger partial charge >= 0.3 is 11.9 Å². The fourth-order valence-corrected chi connectivity index (χ4v) is 9.13. The summed E-state index contributed by atoms with van der Waals surface area (Å²) in [7, 11) is 0. The largest absolute Gasteiger partial charge is 0.614 e. The molecular weight excluding hydrogens is 781 g/mol. The van der Waals surface area contributed by atoms with Crippen molar-refractivity contribution in [3.63, 3.8) is 0 Å². The van der Waals surface area contributed by atoms with E-state index < -0.39 is 64.7 Å². The molecule has 2 aromatic carbocycles. The number of thioether (sulfide) groups is 1. The first-order valence-electron chi connectivity index (χ1n) is 17.1. The number of benzene rings is 2. The molecule has 7 rings (SSSR count). The molecule has 0 aliphatic carbocycles. The van der Waals surface area contributed by atoms with Crippen LogP contribution in [0.25, 0.3) is 5.65 Å². The average Bonchev–Trinajstić information content (AvgIpc) is 3.89. The molecular formula is C37H34N8O8S3. The van der Waals surface area contributed by atoms with Crippen molar-refractivity contribution in [2.24, 2.45) is 5.16 Å². The fraction of sp³-hybridized carbons (Fsp3) is 0.270. The standard InChI is InChI=1S/C37H34N8O8S3/c1-37(2,3)53-28(46)16-51-43-29(25-18-54-21-38-25)33(47)40-30-34(48)45-31(36(49)52-32(22-10-6-4-7-11-22)23-12-8-5-9-13-23)24(19-56(50)35(30)45)17-55-27-15-14-26-41-39-20-44(26)42-27/h4-15,18,20-21,30,32,35H,16-17,19H2,1-3H3,(H,40,47)/b43-29-/t30?,35-,56?/m1/s1. The monoisotopic (exact) mass is 814 g/mol. The Kier molecular flexibility index (Phi) is 11.5. The molecule has 19 heteroatoms. The van der Waals surface area contributed by atoms with Crippen LogP contribution >= 0.6 is 23.1 Å². The predicted molar refractivity (Wildman–Crippen MR) is 205 cm³/mol. The second-order valence-corrected chi connectivity index (χ2v) is 16.6. The van der Waals surface area contributed by atoms with Gasteiger partial charge in [0.2, 0.25) is 12.0 Å². The van der Waals surface area contributed by atoms with Crippen LogP contribution in [0, 0.1) is 0 Å². The number of ether oxygens (including phenoxy) is 2. The van der Waals surface area contributed by atoms with Crippen molar-refractivity contribution >= 4 is 69.4 Å². The normalized spacial score (nSPS) is 18.4. The third-order valence-electron chi connectivity index (χ3n) is 8.29. The Morgan fingerprint density at radius 2 is 1.79 bits per heavy atom. The number of nitrogens with one attached hydrogen (secondary N) is 1. The van der Waals surface area contributed by atoms with E-state index in [0.717, 1.165) is 4.90 Å². The van der Waals surface area contributed by atoms with Crippen LogP contribution in [-0.2, 0) is 44.7 Å². The summed E-state index contributed by atoms with van der Waals surface area (Å²) < 4.78 is 26.9. The van der Waals surface area contributed by atoms with Gasteiger partial charge in [0.05, 0.1) is 5.51 Å². The number of hydrogen-bond donors (Lipinski definition) is 1. The van der Waals surface area contributed by atoms with Crippen LogP contribution in [0.4, 0.5) is 0 Å². The number of esters is 2. The predicted octanol–water partition coefficient (Wildman–Crippen LogP) is 3.44. The zero-order valence-electron chi connectivity index (χ0n) is 30.1. The number of aromatic nitrogens is 5. The lowest BCUT2D eigenvalue weighted by molar-refractivity contribution is -0.160. The average molecular weight is 815 g/mol. The minimum absolute atomic E-state index is 0.0612. The molecule has 3 atom stereocenters. The maximum atomic E-state index is 14.4. The van der Waals surface area contributed by atoms with Crippen LogP contribution < -0.4 is 5.32 Å². The molecule has 1 N–H and O–H groups in total. The number of nitrogens with zero attached hydrogens (tertiary/aromatic N) is 7. The summed E-state index contributed by atoms with van der Waals surface area (Å²) in [5.74, 6) is -3.02. The molecule has 288 valence electrons. The Labute approximate surface area is 331 Å². The molecule has 0 saturated carbocycles. The first kappa shape index (κ1) is 38.6. The molecule has 56 heavy (non-hydrogen) atoms. The number of rotatable bonds is 13. The van der Waals surface area contributed by atoms with Gasteiger partial charge in [-0.3, -0.25) is 14.5 Å². The van der Waals surface area contributed by atoms with Crippen LogP contribution in [0.15, 0.2) is 111 Å². The SMILES string of the molecule is CC(C)(C)OC(=O)CO/N=C(\C(=O)NC1C(=O)N2C(C(=O)OC(c3ccccc3)c3ccccc3)=C(CSc3ccc4nncn4n3)C[S+]([O-])[C@H]12)c1cscn1. The summed E-state index contributed by atoms with van der Waals surface area (Å²) in [5.41, 5.74) is 2.80. The van der Waals surface area contributed by atoms with Crippen molar-refractivity contribution in [2.45, 2.75) is 48.9 Å². The van der Waals surface area contributed by atoms with E-state index in [1.807, 2.05) is 60.7 Å². The third kappa shape index (κ3) is 8.60. The van der Waals surface area contributed by atoms with Crippen molar-refractivity contribution in [3.8, 4) is 0 Å². The number of β-lactam (4-membered cyclic amide) rings is 1. The van der Waals surface area contributed by atoms with Crippen molar-refractivity contribution < 1.29 is 38.0 Å². The van der Waals surface area contributed by atoms with Gasteiger partial charge in [-0.1, -0.05) is 77.6 Å². The number of amides is 2. The first-order valence-corrected chi connectivity index (χ1v) is 20.4. The molecule has 5 heterocycles. The molecule has 1 fully saturated rings. The number of oxime groups is 1. The molecule has 2 aliphatic rings. The Bertz CT molecular complexity index is 2260. The van der Waals surface area contributed by atoms with Crippen LogP contribution in [0.5, 0.6) is 0 Å². The highest BCUT2D eigenvalue weighted by Crippen LogP contribution is 2.40. The van der Waals surface area contributed by atoms with E-state index in [0.29, 0.717) is 27.4 Å². The zero-order chi connectivity index (χ0) is 39.4. The molecule has 2 amide bonds. The lowest BCUT2D eigenvalue weighted by Crippen LogP contribution is -2.75. The van der Waals surface area contributed by atoms with E-state index >= 15 is 0 Å². The van der Waals surface area contributed by atoms with Crippen molar-refractivity contribution in [3.05, 3.63) is 118 Å². The Morgan fingerprint density at radius 3 is 2.45 bits per heavy atom. The van der Waals surface area contributed by atoms with E-state index in [1.165, 1.54) is 44.8 Å². The second-order valence-electron chi connectivity index (χ2n) is 13.4. The van der Waals surface area contributed by atoms with Gasteiger partial charge in [-0.2, -0.15) is 9.61 Å². The molecule has 0 bridgehead atoms. The molecule has 0 spiro atoms. The Morgan fingerprint density at radius 1 is 1.07 bits per heavy atom. The quantitative estimate of drug-likeness (QED) is 0.0453. The first-order chi connectivity index (χ1) is 27.0. The molecule has 3 aromatic heterocycles. The van der Waals surface area contributed by atoms with Crippen LogP contribution in [0.2, 0.25) is 0 Å². The van der Waals surface area contributed by atoms with E-state index in [-0.39, 0.29) is 28.6 Å². The van der Waals surface area contributed by atoms with Gasteiger partial charge in [-0.05, 0) is 55.2 Å². The summed E-state index contributed by atoms with van der Waals surface area (Å²) in [4.78, 5) is 64.8. The van der Waals surface area contributed by atoms with Crippen LogP contribution in [-0.4, -0.2) is 98.8 Å². The van der Waals surface area contributed by atoms with E-state index in [9.17, 15) is 23.7 Å². The van der Waals surface area contributed by atoms with Gasteiger partial charge in [-0.15, -0.1) is 21.5 Å². The van der Waals surface area contributed by atoms with Crippen molar-refractivity contribution in [2.75, 3.05) is 18.1 Å². The lowest BCUT2D eigenvalue weighted by Gasteiger charge is -2.49. The van der Waals surface area contributed by atoms with E-state index in [1.54, 1.807) is 32.9 Å². The molecule has 2 unspecified atom stereocenters. The minimum atomic E-state index is -1.77. The van der Waals surface area contributed by atoms with Crippen LogP contribution in [0.3, 0.4) is 0 Å². The van der Waals surface area contributed by atoms with Gasteiger partial charge in [0.15, 0.2) is 23.5 Å². The highest BCUT2D eigenvalue weighted by Gasteiger charge is 2.61. The highest BCUT2D eigenvalue weighted by atomic mass is 32.2. The number of fused-ring (bicyclic) bond motifs is 2. The number of hydrogen-bond acceptors (Lipinski definition) is 15. The topological polar surface area (TPSA) is 203 Å². The lowest BCUT2D eigenvalue weighted by atomic mass is 10.0. The summed E-state index contributed by atoms with van der Waals surface area (Å²) >= 11 is 0.684. The number of thiazole rings is 1. The van der Waals surface area contributed by atoms with Gasteiger partial charge in [0, 0.05) is 16.7 Å². The van der Waals surface area contributed by atoms with E-state index in [2.05, 4.69) is 30.8 Å². The fourth-order valence-electron chi connectivity index (χ4n) is 5.91. The Balaban J connectivity index is 1.16. The molecule has 0 radical (unpaired) electrons. The molecule has 16 nitrogen and oxygen atoms in total. The molecule has 2 aliphatic heterocycles. The van der Waals surface area contributed by atoms with E-state index in [4.69, 9.17) is 14.3 Å². The Hall–Kier alpha value is -5.63. The molecule has 5 aromatic rings.